The number of nitrogens with zero attached hydrogens (tertiary/aromatic N) is 4. The molecule has 10 heteroatoms. The van der Waals surface area contributed by atoms with E-state index >= 15 is 0 Å². The normalized spacial score (nSPS) is 14.7. The molecule has 1 fully saturated rings. The molecule has 3 N–H and O–H groups in total. The number of carbonyl (C=O) groups excluding carboxylic acids is 1. The van der Waals surface area contributed by atoms with E-state index in [0.29, 0.717) is 26.3 Å². The van der Waals surface area contributed by atoms with Crippen LogP contribution in [0.1, 0.15) is 10.5 Å². The number of primary amides is 1. The maximum absolute atomic E-state index is 11.4. The number of aromatic amines is 1. The molecule has 0 bridgehead atoms. The molecule has 0 aliphatic carbocycles. The number of nitro groups is 1. The standard InChI is InChI=1S/C13H14N6O4/c14-13(20)12-11(15-17-16-12)9-7-8(1-2-10(9)19(21)22)18-3-5-23-6-4-18/h1-2,7H,3-6H2,(H2,14,20)(H,15,16,17). The summed E-state index contributed by atoms with van der Waals surface area (Å²) < 4.78 is 5.30. The summed E-state index contributed by atoms with van der Waals surface area (Å²) >= 11 is 0. The summed E-state index contributed by atoms with van der Waals surface area (Å²) in [5, 5.41) is 21.1. The molecule has 10 nitrogen and oxygen atoms in total. The first-order valence-electron chi connectivity index (χ1n) is 6.90. The Kier molecular flexibility index (Phi) is 3.89. The van der Waals surface area contributed by atoms with Crippen LogP contribution in [0.2, 0.25) is 0 Å². The SMILES string of the molecule is NC(=O)c1n[nH]nc1-c1cc(N2CCOCC2)ccc1[N+](=O)[O-]. The number of aromatic nitrogens is 3. The second-order valence-electron chi connectivity index (χ2n) is 4.94. The van der Waals surface area contributed by atoms with Crippen molar-refractivity contribution in [1.82, 2.24) is 15.4 Å². The van der Waals surface area contributed by atoms with E-state index in [0.717, 1.165) is 5.69 Å². The molecule has 1 aromatic carbocycles. The minimum atomic E-state index is -0.806. The van der Waals surface area contributed by atoms with Gasteiger partial charge >= 0.3 is 0 Å². The maximum Gasteiger partial charge on any atom is 0.279 e. The highest BCUT2D eigenvalue weighted by atomic mass is 16.6. The van der Waals surface area contributed by atoms with Crippen molar-refractivity contribution in [2.75, 3.05) is 31.2 Å². The molecule has 0 radical (unpaired) electrons. The van der Waals surface area contributed by atoms with E-state index in [1.54, 1.807) is 12.1 Å². The van der Waals surface area contributed by atoms with E-state index in [2.05, 4.69) is 15.4 Å². The van der Waals surface area contributed by atoms with Gasteiger partial charge in [-0.1, -0.05) is 0 Å². The van der Waals surface area contributed by atoms with E-state index in [-0.39, 0.29) is 22.6 Å². The number of hydrogen-bond acceptors (Lipinski definition) is 7. The van der Waals surface area contributed by atoms with Crippen molar-refractivity contribution in [2.24, 2.45) is 5.73 Å². The predicted molar refractivity (Wildman–Crippen MR) is 80.0 cm³/mol. The summed E-state index contributed by atoms with van der Waals surface area (Å²) in [5.41, 5.74) is 5.99. The Morgan fingerprint density at radius 1 is 1.35 bits per heavy atom. The summed E-state index contributed by atoms with van der Waals surface area (Å²) in [6.07, 6.45) is 0. The molecule has 2 heterocycles. The van der Waals surface area contributed by atoms with Gasteiger partial charge in [0.2, 0.25) is 0 Å². The van der Waals surface area contributed by atoms with Gasteiger partial charge in [0.1, 0.15) is 5.69 Å². The summed E-state index contributed by atoms with van der Waals surface area (Å²) in [7, 11) is 0. The number of hydrogen-bond donors (Lipinski definition) is 2. The Morgan fingerprint density at radius 3 is 2.74 bits per heavy atom. The molecule has 0 saturated carbocycles. The number of carbonyl (C=O) groups is 1. The van der Waals surface area contributed by atoms with Gasteiger partial charge in [-0.25, -0.2) is 0 Å². The van der Waals surface area contributed by atoms with E-state index in [1.807, 2.05) is 4.90 Å². The van der Waals surface area contributed by atoms with Crippen molar-refractivity contribution in [3.8, 4) is 11.3 Å². The van der Waals surface area contributed by atoms with Gasteiger partial charge in [0.05, 0.1) is 23.7 Å². The highest BCUT2D eigenvalue weighted by molar-refractivity contribution is 5.98. The van der Waals surface area contributed by atoms with Crippen molar-refractivity contribution >= 4 is 17.3 Å². The van der Waals surface area contributed by atoms with Crippen LogP contribution >= 0.6 is 0 Å². The van der Waals surface area contributed by atoms with Crippen LogP contribution in [0.3, 0.4) is 0 Å². The Morgan fingerprint density at radius 2 is 2.09 bits per heavy atom. The molecule has 2 aromatic rings. The molecule has 1 aliphatic rings. The minimum Gasteiger partial charge on any atom is -0.378 e. The molecule has 3 rings (SSSR count). The zero-order valence-electron chi connectivity index (χ0n) is 12.1. The number of amides is 1. The fraction of sp³-hybridized carbons (Fsp3) is 0.308. The van der Waals surface area contributed by atoms with Gasteiger partial charge in [-0.15, -0.1) is 0 Å². The maximum atomic E-state index is 11.4. The number of morpholine rings is 1. The average Bonchev–Trinajstić information content (AvgIpc) is 3.05. The molecule has 1 saturated heterocycles. The Hall–Kier alpha value is -3.01. The lowest BCUT2D eigenvalue weighted by atomic mass is 10.1. The van der Waals surface area contributed by atoms with Crippen LogP contribution in [0.15, 0.2) is 18.2 Å². The van der Waals surface area contributed by atoms with Crippen molar-refractivity contribution in [3.05, 3.63) is 34.0 Å². The molecule has 120 valence electrons. The summed E-state index contributed by atoms with van der Waals surface area (Å²) in [6.45, 7) is 2.53. The second-order valence-corrected chi connectivity index (χ2v) is 4.94. The van der Waals surface area contributed by atoms with Gasteiger partial charge in [-0.3, -0.25) is 14.9 Å². The molecule has 1 amide bonds. The van der Waals surface area contributed by atoms with Gasteiger partial charge in [0, 0.05) is 24.8 Å². The van der Waals surface area contributed by atoms with Gasteiger partial charge in [-0.2, -0.15) is 15.4 Å². The molecular formula is C13H14N6O4. The zero-order valence-corrected chi connectivity index (χ0v) is 12.1. The monoisotopic (exact) mass is 318 g/mol. The Labute approximate surface area is 130 Å². The van der Waals surface area contributed by atoms with Crippen LogP contribution in [0.25, 0.3) is 11.3 Å². The second kappa shape index (κ2) is 6.01. The van der Waals surface area contributed by atoms with Crippen molar-refractivity contribution in [3.63, 3.8) is 0 Å². The van der Waals surface area contributed by atoms with E-state index in [9.17, 15) is 14.9 Å². The third-order valence-electron chi connectivity index (χ3n) is 3.59. The molecule has 1 aromatic heterocycles. The number of nitro benzene ring substituents is 1. The lowest BCUT2D eigenvalue weighted by molar-refractivity contribution is -0.384. The third kappa shape index (κ3) is 2.83. The fourth-order valence-corrected chi connectivity index (χ4v) is 2.48. The first kappa shape index (κ1) is 14.9. The molecule has 0 spiro atoms. The molecule has 23 heavy (non-hydrogen) atoms. The quantitative estimate of drug-likeness (QED) is 0.610. The lowest BCUT2D eigenvalue weighted by Crippen LogP contribution is -2.36. The average molecular weight is 318 g/mol. The van der Waals surface area contributed by atoms with Crippen LogP contribution < -0.4 is 10.6 Å². The molecular weight excluding hydrogens is 304 g/mol. The molecule has 0 atom stereocenters. The largest absolute Gasteiger partial charge is 0.378 e. The topological polar surface area (TPSA) is 140 Å². The van der Waals surface area contributed by atoms with Crippen LogP contribution in [-0.2, 0) is 4.74 Å². The molecule has 1 aliphatic heterocycles. The first-order chi connectivity index (χ1) is 11.1. The van der Waals surface area contributed by atoms with Crippen molar-refractivity contribution < 1.29 is 14.5 Å². The fourth-order valence-electron chi connectivity index (χ4n) is 2.48. The van der Waals surface area contributed by atoms with E-state index < -0.39 is 10.8 Å². The number of ether oxygens (including phenoxy) is 1. The van der Waals surface area contributed by atoms with Gasteiger partial charge < -0.3 is 15.4 Å². The van der Waals surface area contributed by atoms with Crippen molar-refractivity contribution in [1.29, 1.82) is 0 Å². The minimum absolute atomic E-state index is 0.0688. The lowest BCUT2D eigenvalue weighted by Gasteiger charge is -2.29. The predicted octanol–water partition coefficient (Wildman–Crippen LogP) is 0.315. The summed E-state index contributed by atoms with van der Waals surface area (Å²) in [6, 6.07) is 4.67. The Balaban J connectivity index is 2.10. The van der Waals surface area contributed by atoms with Crippen LogP contribution in [0, 0.1) is 10.1 Å². The van der Waals surface area contributed by atoms with Crippen LogP contribution in [-0.4, -0.2) is 52.5 Å². The van der Waals surface area contributed by atoms with E-state index in [4.69, 9.17) is 10.5 Å². The number of nitrogens with one attached hydrogen (secondary N) is 1. The van der Waals surface area contributed by atoms with Gasteiger partial charge in [0.25, 0.3) is 11.6 Å². The van der Waals surface area contributed by atoms with Crippen LogP contribution in [0.5, 0.6) is 0 Å². The van der Waals surface area contributed by atoms with Gasteiger partial charge in [-0.05, 0) is 12.1 Å². The number of benzene rings is 1. The first-order valence-corrected chi connectivity index (χ1v) is 6.90. The zero-order chi connectivity index (χ0) is 16.4. The highest BCUT2D eigenvalue weighted by Crippen LogP contribution is 2.33. The van der Waals surface area contributed by atoms with Crippen LogP contribution in [0.4, 0.5) is 11.4 Å². The van der Waals surface area contributed by atoms with Gasteiger partial charge in [0.15, 0.2) is 5.69 Å². The smallest absolute Gasteiger partial charge is 0.279 e. The summed E-state index contributed by atoms with van der Waals surface area (Å²) in [5.74, 6) is -0.806. The number of anilines is 1. The van der Waals surface area contributed by atoms with E-state index in [1.165, 1.54) is 6.07 Å². The molecule has 0 unspecified atom stereocenters. The Bertz CT molecular complexity index is 753. The number of H-pyrrole nitrogens is 1. The number of nitrogens with two attached hydrogens (primary N) is 1. The summed E-state index contributed by atoms with van der Waals surface area (Å²) in [4.78, 5) is 24.2. The van der Waals surface area contributed by atoms with Crippen molar-refractivity contribution in [2.45, 2.75) is 0 Å². The third-order valence-corrected chi connectivity index (χ3v) is 3.59. The number of rotatable bonds is 4. The highest BCUT2D eigenvalue weighted by Gasteiger charge is 2.25.